The Morgan fingerprint density at radius 1 is 1.18 bits per heavy atom. The van der Waals surface area contributed by atoms with Gasteiger partial charge in [0.05, 0.1) is 22.8 Å². The van der Waals surface area contributed by atoms with Gasteiger partial charge < -0.3 is 4.74 Å². The summed E-state index contributed by atoms with van der Waals surface area (Å²) in [7, 11) is -3.62. The molecular weight excluding hydrogens is 398 g/mol. The summed E-state index contributed by atoms with van der Waals surface area (Å²) in [6.45, 7) is 4.37. The normalized spacial score (nSPS) is 22.8. The van der Waals surface area contributed by atoms with Crippen molar-refractivity contribution >= 4 is 32.4 Å². The van der Waals surface area contributed by atoms with Crippen LogP contribution in [0.4, 0.5) is 5.13 Å². The molecule has 2 heterocycles. The molecule has 150 valence electrons. The van der Waals surface area contributed by atoms with E-state index in [9.17, 15) is 13.2 Å². The van der Waals surface area contributed by atoms with E-state index < -0.39 is 10.0 Å². The van der Waals surface area contributed by atoms with Crippen LogP contribution >= 0.6 is 11.3 Å². The molecule has 2 aromatic rings. The minimum Gasteiger partial charge on any atom is -0.373 e. The lowest BCUT2D eigenvalue weighted by molar-refractivity contribution is -0.0440. The zero-order valence-corrected chi connectivity index (χ0v) is 17.5. The lowest BCUT2D eigenvalue weighted by Crippen LogP contribution is -2.48. The molecule has 0 bridgehead atoms. The van der Waals surface area contributed by atoms with Crippen LogP contribution in [-0.2, 0) is 27.6 Å². The fourth-order valence-electron chi connectivity index (χ4n) is 3.67. The Labute approximate surface area is 168 Å². The van der Waals surface area contributed by atoms with Crippen LogP contribution in [-0.4, -0.2) is 48.9 Å². The van der Waals surface area contributed by atoms with Crippen molar-refractivity contribution in [3.05, 3.63) is 40.4 Å². The Balaban J connectivity index is 1.47. The largest absolute Gasteiger partial charge is 0.373 e. The summed E-state index contributed by atoms with van der Waals surface area (Å²) < 4.78 is 32.8. The third kappa shape index (κ3) is 3.84. The summed E-state index contributed by atoms with van der Waals surface area (Å²) in [6.07, 6.45) is 2.81. The molecule has 0 radical (unpaired) electrons. The predicted octanol–water partition coefficient (Wildman–Crippen LogP) is 2.68. The number of carbonyl (C=O) groups is 1. The summed E-state index contributed by atoms with van der Waals surface area (Å²) in [4.78, 5) is 18.3. The number of carbonyl (C=O) groups excluding carboxylic acids is 1. The molecule has 1 aromatic carbocycles. The van der Waals surface area contributed by atoms with Crippen molar-refractivity contribution in [2.45, 2.75) is 50.2 Å². The molecule has 2 atom stereocenters. The molecule has 2 aliphatic rings. The van der Waals surface area contributed by atoms with E-state index in [-0.39, 0.29) is 23.0 Å². The number of morpholine rings is 1. The third-order valence-electron chi connectivity index (χ3n) is 4.96. The fourth-order valence-corrected chi connectivity index (χ4v) is 6.30. The molecule has 0 spiro atoms. The molecular formula is C19H23N3O4S2. The number of ether oxygens (including phenoxy) is 1. The van der Waals surface area contributed by atoms with Gasteiger partial charge in [0.2, 0.25) is 10.0 Å². The first-order chi connectivity index (χ1) is 13.3. The highest BCUT2D eigenvalue weighted by molar-refractivity contribution is 7.89. The highest BCUT2D eigenvalue weighted by Gasteiger charge is 2.32. The molecule has 1 aliphatic carbocycles. The highest BCUT2D eigenvalue weighted by Crippen LogP contribution is 2.30. The SMILES string of the molecule is CC1CN(S(=O)(=O)c2ccc(C(=O)Nc3nc4c(s3)CCC4)cc2)CC(C)O1. The van der Waals surface area contributed by atoms with Gasteiger partial charge in [-0.2, -0.15) is 4.31 Å². The van der Waals surface area contributed by atoms with Gasteiger partial charge in [0.25, 0.3) is 5.91 Å². The van der Waals surface area contributed by atoms with E-state index in [1.54, 1.807) is 0 Å². The highest BCUT2D eigenvalue weighted by atomic mass is 32.2. The number of amides is 1. The monoisotopic (exact) mass is 421 g/mol. The van der Waals surface area contributed by atoms with Crippen molar-refractivity contribution in [3.63, 3.8) is 0 Å². The summed E-state index contributed by atoms with van der Waals surface area (Å²) in [5, 5.41) is 3.41. The van der Waals surface area contributed by atoms with E-state index in [1.807, 2.05) is 13.8 Å². The average Bonchev–Trinajstić information content (AvgIpc) is 3.22. The Kier molecular flexibility index (Phi) is 5.26. The minimum absolute atomic E-state index is 0.150. The smallest absolute Gasteiger partial charge is 0.257 e. The van der Waals surface area contributed by atoms with Gasteiger partial charge in [-0.1, -0.05) is 0 Å². The lowest BCUT2D eigenvalue weighted by atomic mass is 10.2. The van der Waals surface area contributed by atoms with Crippen molar-refractivity contribution in [2.75, 3.05) is 18.4 Å². The maximum atomic E-state index is 12.9. The second-order valence-corrected chi connectivity index (χ2v) is 10.3. The number of sulfonamides is 1. The van der Waals surface area contributed by atoms with E-state index in [1.165, 1.54) is 44.8 Å². The quantitative estimate of drug-likeness (QED) is 0.820. The van der Waals surface area contributed by atoms with Gasteiger partial charge in [0.15, 0.2) is 5.13 Å². The van der Waals surface area contributed by atoms with Crippen LogP contribution in [0.2, 0.25) is 0 Å². The lowest BCUT2D eigenvalue weighted by Gasteiger charge is -2.34. The van der Waals surface area contributed by atoms with Crippen LogP contribution in [0.3, 0.4) is 0 Å². The Bertz CT molecular complexity index is 954. The average molecular weight is 422 g/mol. The van der Waals surface area contributed by atoms with Crippen LogP contribution in [0, 0.1) is 0 Å². The number of rotatable bonds is 4. The van der Waals surface area contributed by atoms with E-state index >= 15 is 0 Å². The molecule has 0 saturated carbocycles. The van der Waals surface area contributed by atoms with Crippen LogP contribution in [0.5, 0.6) is 0 Å². The number of nitrogens with one attached hydrogen (secondary N) is 1. The zero-order valence-electron chi connectivity index (χ0n) is 15.8. The summed E-state index contributed by atoms with van der Waals surface area (Å²) in [6, 6.07) is 6.04. The minimum atomic E-state index is -3.62. The molecule has 1 amide bonds. The number of hydrogen-bond acceptors (Lipinski definition) is 6. The molecule has 1 aromatic heterocycles. The van der Waals surface area contributed by atoms with E-state index in [0.717, 1.165) is 25.0 Å². The van der Waals surface area contributed by atoms with E-state index in [2.05, 4.69) is 10.3 Å². The van der Waals surface area contributed by atoms with E-state index in [4.69, 9.17) is 4.74 Å². The fraction of sp³-hybridized carbons (Fsp3) is 0.474. The number of fused-ring (bicyclic) bond motifs is 1. The van der Waals surface area contributed by atoms with Gasteiger partial charge in [0.1, 0.15) is 0 Å². The number of hydrogen-bond donors (Lipinski definition) is 1. The molecule has 7 nitrogen and oxygen atoms in total. The van der Waals surface area contributed by atoms with Crippen molar-refractivity contribution in [1.82, 2.24) is 9.29 Å². The second-order valence-electron chi connectivity index (χ2n) is 7.30. The Morgan fingerprint density at radius 2 is 1.86 bits per heavy atom. The van der Waals surface area contributed by atoms with Crippen molar-refractivity contribution in [1.29, 1.82) is 0 Å². The van der Waals surface area contributed by atoms with Gasteiger partial charge in [-0.25, -0.2) is 13.4 Å². The molecule has 1 N–H and O–H groups in total. The number of aryl methyl sites for hydroxylation is 2. The van der Waals surface area contributed by atoms with Gasteiger partial charge in [-0.15, -0.1) is 11.3 Å². The topological polar surface area (TPSA) is 88.6 Å². The summed E-state index contributed by atoms with van der Waals surface area (Å²) in [5.74, 6) is -0.287. The first-order valence-electron chi connectivity index (χ1n) is 9.38. The van der Waals surface area contributed by atoms with Crippen LogP contribution in [0.15, 0.2) is 29.2 Å². The third-order valence-corrected chi connectivity index (χ3v) is 7.88. The Hall–Kier alpha value is -1.81. The van der Waals surface area contributed by atoms with Crippen molar-refractivity contribution in [3.8, 4) is 0 Å². The molecule has 1 fully saturated rings. The number of nitrogens with zero attached hydrogens (tertiary/aromatic N) is 2. The predicted molar refractivity (Wildman–Crippen MR) is 107 cm³/mol. The second kappa shape index (κ2) is 7.55. The first-order valence-corrected chi connectivity index (χ1v) is 11.6. The number of anilines is 1. The number of benzene rings is 1. The summed E-state index contributed by atoms with van der Waals surface area (Å²) in [5.41, 5.74) is 1.48. The standard InChI is InChI=1S/C19H23N3O4S2/c1-12-10-22(11-13(2)26-12)28(24,25)15-8-6-14(7-9-15)18(23)21-19-20-16-4-3-5-17(16)27-19/h6-9,12-13H,3-5,10-11H2,1-2H3,(H,20,21,23). The molecule has 1 aliphatic heterocycles. The molecule has 4 rings (SSSR count). The number of thiazole rings is 1. The number of aromatic nitrogens is 1. The maximum absolute atomic E-state index is 12.9. The summed E-state index contributed by atoms with van der Waals surface area (Å²) >= 11 is 1.51. The van der Waals surface area contributed by atoms with Gasteiger partial charge >= 0.3 is 0 Å². The van der Waals surface area contributed by atoms with Crippen LogP contribution in [0.1, 0.15) is 41.2 Å². The van der Waals surface area contributed by atoms with Gasteiger partial charge in [0, 0.05) is 23.5 Å². The zero-order chi connectivity index (χ0) is 19.9. The van der Waals surface area contributed by atoms with Crippen LogP contribution < -0.4 is 5.32 Å². The van der Waals surface area contributed by atoms with Crippen molar-refractivity contribution in [2.24, 2.45) is 0 Å². The maximum Gasteiger partial charge on any atom is 0.257 e. The molecule has 1 saturated heterocycles. The van der Waals surface area contributed by atoms with Gasteiger partial charge in [-0.05, 0) is 57.4 Å². The van der Waals surface area contributed by atoms with Crippen LogP contribution in [0.25, 0.3) is 0 Å². The molecule has 2 unspecified atom stereocenters. The van der Waals surface area contributed by atoms with Gasteiger partial charge in [-0.3, -0.25) is 10.1 Å². The molecule has 9 heteroatoms. The Morgan fingerprint density at radius 3 is 2.50 bits per heavy atom. The first kappa shape index (κ1) is 19.5. The molecule has 28 heavy (non-hydrogen) atoms. The van der Waals surface area contributed by atoms with Crippen molar-refractivity contribution < 1.29 is 17.9 Å². The van der Waals surface area contributed by atoms with E-state index in [0.29, 0.717) is 23.8 Å².